The molecule has 0 bridgehead atoms. The summed E-state index contributed by atoms with van der Waals surface area (Å²) in [6.45, 7) is 7.73. The highest BCUT2D eigenvalue weighted by atomic mass is 15.3. The van der Waals surface area contributed by atoms with Crippen LogP contribution in [-0.4, -0.2) is 63.8 Å². The second kappa shape index (κ2) is 9.75. The van der Waals surface area contributed by atoms with E-state index in [1.165, 1.54) is 35.7 Å². The summed E-state index contributed by atoms with van der Waals surface area (Å²) < 4.78 is 2.44. The molecule has 0 radical (unpaired) electrons. The van der Waals surface area contributed by atoms with Crippen LogP contribution in [0.25, 0.3) is 0 Å². The molecule has 1 fully saturated rings. The minimum absolute atomic E-state index is 0.521. The molecular formula is C26H33N5. The van der Waals surface area contributed by atoms with Crippen molar-refractivity contribution < 1.29 is 0 Å². The van der Waals surface area contributed by atoms with Crippen molar-refractivity contribution in [2.75, 3.05) is 39.3 Å². The lowest BCUT2D eigenvalue weighted by Gasteiger charge is -2.20. The number of likely N-dealkylation sites (tertiary alicyclic amines) is 1. The molecule has 0 aliphatic carbocycles. The van der Waals surface area contributed by atoms with Gasteiger partial charge in [0.05, 0.1) is 0 Å². The minimum Gasteiger partial charge on any atom is -0.313 e. The van der Waals surface area contributed by atoms with Crippen molar-refractivity contribution in [1.82, 2.24) is 24.6 Å². The third-order valence-electron chi connectivity index (χ3n) is 6.90. The molecule has 1 unspecified atom stereocenters. The van der Waals surface area contributed by atoms with E-state index < -0.39 is 0 Å². The molecule has 1 aromatic heterocycles. The van der Waals surface area contributed by atoms with Crippen molar-refractivity contribution in [3.8, 4) is 0 Å². The maximum atomic E-state index is 4.66. The average Bonchev–Trinajstić information content (AvgIpc) is 3.40. The molecule has 0 N–H and O–H groups in total. The van der Waals surface area contributed by atoms with Gasteiger partial charge in [0.25, 0.3) is 0 Å². The lowest BCUT2D eigenvalue weighted by molar-refractivity contribution is 0.281. The van der Waals surface area contributed by atoms with Crippen LogP contribution in [0.15, 0.2) is 60.7 Å². The first-order chi connectivity index (χ1) is 15.3. The molecule has 162 valence electrons. The van der Waals surface area contributed by atoms with Gasteiger partial charge in [-0.05, 0) is 36.9 Å². The lowest BCUT2D eigenvalue weighted by atomic mass is 10.1. The monoisotopic (exact) mass is 415 g/mol. The summed E-state index contributed by atoms with van der Waals surface area (Å²) in [6.07, 6.45) is 4.45. The van der Waals surface area contributed by atoms with Crippen LogP contribution in [0.2, 0.25) is 0 Å². The van der Waals surface area contributed by atoms with E-state index in [0.29, 0.717) is 5.92 Å². The van der Waals surface area contributed by atoms with E-state index >= 15 is 0 Å². The number of hydrogen-bond donors (Lipinski definition) is 0. The molecule has 3 aromatic rings. The summed E-state index contributed by atoms with van der Waals surface area (Å²) in [7, 11) is 0. The molecule has 31 heavy (non-hydrogen) atoms. The molecule has 2 aliphatic heterocycles. The highest BCUT2D eigenvalue weighted by Gasteiger charge is 2.29. The lowest BCUT2D eigenvalue weighted by Crippen LogP contribution is -2.29. The van der Waals surface area contributed by atoms with Crippen molar-refractivity contribution in [3.05, 3.63) is 83.4 Å². The predicted molar refractivity (Wildman–Crippen MR) is 124 cm³/mol. The van der Waals surface area contributed by atoms with Gasteiger partial charge in [-0.25, -0.2) is 0 Å². The van der Waals surface area contributed by atoms with Crippen molar-refractivity contribution in [3.63, 3.8) is 0 Å². The van der Waals surface area contributed by atoms with Crippen LogP contribution >= 0.6 is 0 Å². The summed E-state index contributed by atoms with van der Waals surface area (Å²) in [6, 6.07) is 21.7. The Hall–Kier alpha value is -2.50. The Morgan fingerprint density at radius 3 is 2.10 bits per heavy atom. The maximum absolute atomic E-state index is 4.66. The standard InChI is InChI=1S/C26H33N5/c1-3-7-22(8-4-1)11-15-29-18-14-25-27-28-26(31(25)20-19-29)24-13-17-30(21-24)16-12-23-9-5-2-6-10-23/h1-10,24H,11-21H2. The molecule has 0 amide bonds. The van der Waals surface area contributed by atoms with Crippen molar-refractivity contribution in [1.29, 1.82) is 0 Å². The summed E-state index contributed by atoms with van der Waals surface area (Å²) in [4.78, 5) is 5.19. The average molecular weight is 416 g/mol. The smallest absolute Gasteiger partial charge is 0.137 e. The van der Waals surface area contributed by atoms with Gasteiger partial charge in [-0.15, -0.1) is 10.2 Å². The fourth-order valence-corrected chi connectivity index (χ4v) is 5.02. The van der Waals surface area contributed by atoms with Crippen LogP contribution < -0.4 is 0 Å². The number of nitrogens with zero attached hydrogens (tertiary/aromatic N) is 5. The predicted octanol–water partition coefficient (Wildman–Crippen LogP) is 3.41. The third kappa shape index (κ3) is 5.05. The Kier molecular flexibility index (Phi) is 6.42. The van der Waals surface area contributed by atoms with Gasteiger partial charge in [0.1, 0.15) is 11.6 Å². The molecule has 5 rings (SSSR count). The Balaban J connectivity index is 1.15. The summed E-state index contributed by atoms with van der Waals surface area (Å²) in [5.74, 6) is 2.93. The van der Waals surface area contributed by atoms with Crippen LogP contribution in [0.5, 0.6) is 0 Å². The zero-order valence-corrected chi connectivity index (χ0v) is 18.4. The van der Waals surface area contributed by atoms with Gasteiger partial charge in [0.2, 0.25) is 0 Å². The minimum atomic E-state index is 0.521. The Bertz CT molecular complexity index is 952. The van der Waals surface area contributed by atoms with Gasteiger partial charge < -0.3 is 14.4 Å². The van der Waals surface area contributed by atoms with E-state index in [9.17, 15) is 0 Å². The van der Waals surface area contributed by atoms with Crippen LogP contribution in [0.1, 0.15) is 35.1 Å². The van der Waals surface area contributed by atoms with E-state index in [4.69, 9.17) is 0 Å². The second-order valence-electron chi connectivity index (χ2n) is 8.98. The molecular weight excluding hydrogens is 382 g/mol. The first kappa shape index (κ1) is 20.4. The van der Waals surface area contributed by atoms with Crippen molar-refractivity contribution in [2.45, 2.75) is 38.1 Å². The first-order valence-corrected chi connectivity index (χ1v) is 11.8. The number of hydrogen-bond acceptors (Lipinski definition) is 4. The number of aromatic nitrogens is 3. The van der Waals surface area contributed by atoms with E-state index in [-0.39, 0.29) is 0 Å². The summed E-state index contributed by atoms with van der Waals surface area (Å²) >= 11 is 0. The molecule has 1 atom stereocenters. The number of benzene rings is 2. The maximum Gasteiger partial charge on any atom is 0.137 e. The second-order valence-corrected chi connectivity index (χ2v) is 8.98. The van der Waals surface area contributed by atoms with Gasteiger partial charge in [-0.3, -0.25) is 0 Å². The van der Waals surface area contributed by atoms with Crippen molar-refractivity contribution >= 4 is 0 Å². The largest absolute Gasteiger partial charge is 0.313 e. The molecule has 0 spiro atoms. The van der Waals surface area contributed by atoms with Crippen LogP contribution in [0, 0.1) is 0 Å². The van der Waals surface area contributed by atoms with Gasteiger partial charge in [0.15, 0.2) is 0 Å². The van der Waals surface area contributed by atoms with E-state index in [2.05, 4.69) is 85.2 Å². The molecule has 2 aromatic carbocycles. The quantitative estimate of drug-likeness (QED) is 0.593. The normalized spacial score (nSPS) is 19.9. The van der Waals surface area contributed by atoms with Gasteiger partial charge in [-0.2, -0.15) is 0 Å². The van der Waals surface area contributed by atoms with Crippen molar-refractivity contribution in [2.24, 2.45) is 0 Å². The molecule has 1 saturated heterocycles. The zero-order chi connectivity index (χ0) is 20.9. The first-order valence-electron chi connectivity index (χ1n) is 11.8. The van der Waals surface area contributed by atoms with E-state index in [1.807, 2.05) is 0 Å². The Morgan fingerprint density at radius 2 is 1.39 bits per heavy atom. The number of fused-ring (bicyclic) bond motifs is 1. The summed E-state index contributed by atoms with van der Waals surface area (Å²) in [5.41, 5.74) is 2.85. The van der Waals surface area contributed by atoms with Crippen LogP contribution in [-0.2, 0) is 25.8 Å². The van der Waals surface area contributed by atoms with E-state index in [1.54, 1.807) is 0 Å². The Morgan fingerprint density at radius 1 is 0.710 bits per heavy atom. The molecule has 5 heteroatoms. The molecule has 5 nitrogen and oxygen atoms in total. The topological polar surface area (TPSA) is 37.2 Å². The van der Waals surface area contributed by atoms with E-state index in [0.717, 1.165) is 58.5 Å². The highest BCUT2D eigenvalue weighted by molar-refractivity contribution is 5.16. The fourth-order valence-electron chi connectivity index (χ4n) is 5.02. The third-order valence-corrected chi connectivity index (χ3v) is 6.90. The van der Waals surface area contributed by atoms with Crippen LogP contribution in [0.3, 0.4) is 0 Å². The molecule has 0 saturated carbocycles. The zero-order valence-electron chi connectivity index (χ0n) is 18.4. The SMILES string of the molecule is c1ccc(CCN2CCc3nnc(C4CCN(CCc5ccccc5)C4)n3CC2)cc1. The Labute approximate surface area is 185 Å². The molecule has 2 aliphatic rings. The highest BCUT2D eigenvalue weighted by Crippen LogP contribution is 2.27. The van der Waals surface area contributed by atoms with Crippen LogP contribution in [0.4, 0.5) is 0 Å². The molecule has 3 heterocycles. The number of rotatable bonds is 7. The van der Waals surface area contributed by atoms with Gasteiger partial charge >= 0.3 is 0 Å². The van der Waals surface area contributed by atoms with Gasteiger partial charge in [-0.1, -0.05) is 60.7 Å². The summed E-state index contributed by atoms with van der Waals surface area (Å²) in [5, 5.41) is 9.26. The fraction of sp³-hybridized carbons (Fsp3) is 0.462. The van der Waals surface area contributed by atoms with Gasteiger partial charge in [0, 0.05) is 51.6 Å².